The largest absolute Gasteiger partial charge is 0.507 e. The molecule has 0 heterocycles. The van der Waals surface area contributed by atoms with Crippen LogP contribution < -0.4 is 4.74 Å². The number of rotatable bonds is 2. The molecule has 0 bridgehead atoms. The van der Waals surface area contributed by atoms with Gasteiger partial charge in [0.05, 0.1) is 7.11 Å². The van der Waals surface area contributed by atoms with Crippen LogP contribution in [0.5, 0.6) is 5.75 Å². The van der Waals surface area contributed by atoms with E-state index in [2.05, 4.69) is 0 Å². The van der Waals surface area contributed by atoms with Crippen LogP contribution in [-0.4, -0.2) is 24.2 Å². The Morgan fingerprint density at radius 3 is 2.58 bits per heavy atom. The number of benzene rings is 1. The highest BCUT2D eigenvalue weighted by Gasteiger charge is 2.42. The summed E-state index contributed by atoms with van der Waals surface area (Å²) >= 11 is 0. The van der Waals surface area contributed by atoms with E-state index in [-0.39, 0.29) is 18.4 Å². The van der Waals surface area contributed by atoms with E-state index in [4.69, 9.17) is 4.74 Å². The number of ether oxygens (including phenoxy) is 1. The fourth-order valence-corrected chi connectivity index (χ4v) is 2.07. The molecular formula is C13H11F3O3. The third kappa shape index (κ3) is 2.43. The van der Waals surface area contributed by atoms with Crippen molar-refractivity contribution in [2.24, 2.45) is 0 Å². The number of aliphatic hydroxyl groups excluding tert-OH is 1. The zero-order valence-corrected chi connectivity index (χ0v) is 10.0. The molecule has 0 atom stereocenters. The average Bonchev–Trinajstić information content (AvgIpc) is 2.37. The van der Waals surface area contributed by atoms with Crippen LogP contribution in [0, 0.1) is 0 Å². The van der Waals surface area contributed by atoms with Gasteiger partial charge in [0, 0.05) is 11.1 Å². The number of alkyl halides is 3. The molecule has 1 aliphatic rings. The third-order valence-corrected chi connectivity index (χ3v) is 3.03. The number of aliphatic hydroxyl groups is 1. The number of Topliss-reactive ketones (excluding diaryl/α,β-unsaturated/α-hetero) is 1. The second-order valence-electron chi connectivity index (χ2n) is 4.18. The summed E-state index contributed by atoms with van der Waals surface area (Å²) in [6, 6.07) is 4.61. The molecule has 0 aliphatic heterocycles. The standard InChI is InChI=1S/C13H11F3O3/c1-19-8-3-5-9-7(6-8)2-4-10(11(9)17)12(18)13(14,15)16/h3,5-6,17H,2,4H2,1H3. The molecule has 0 saturated carbocycles. The summed E-state index contributed by atoms with van der Waals surface area (Å²) in [6.45, 7) is 0. The van der Waals surface area contributed by atoms with Gasteiger partial charge in [0.25, 0.3) is 5.78 Å². The van der Waals surface area contributed by atoms with Gasteiger partial charge in [-0.1, -0.05) is 0 Å². The highest BCUT2D eigenvalue weighted by atomic mass is 19.4. The summed E-state index contributed by atoms with van der Waals surface area (Å²) in [7, 11) is 1.47. The average molecular weight is 272 g/mol. The van der Waals surface area contributed by atoms with Crippen LogP contribution >= 0.6 is 0 Å². The molecule has 0 fully saturated rings. The molecule has 0 radical (unpaired) electrons. The topological polar surface area (TPSA) is 46.5 Å². The second kappa shape index (κ2) is 4.60. The van der Waals surface area contributed by atoms with Gasteiger partial charge in [-0.15, -0.1) is 0 Å². The van der Waals surface area contributed by atoms with Gasteiger partial charge in [-0.05, 0) is 36.6 Å². The molecule has 1 N–H and O–H groups in total. The molecule has 2 rings (SSSR count). The number of aryl methyl sites for hydroxylation is 1. The van der Waals surface area contributed by atoms with E-state index in [1.54, 1.807) is 6.07 Å². The molecule has 0 unspecified atom stereocenters. The van der Waals surface area contributed by atoms with Crippen LogP contribution in [0.1, 0.15) is 17.5 Å². The van der Waals surface area contributed by atoms with Crippen molar-refractivity contribution in [3.8, 4) is 5.75 Å². The number of allylic oxidation sites excluding steroid dienone is 1. The molecule has 0 aromatic heterocycles. The smallest absolute Gasteiger partial charge is 0.454 e. The van der Waals surface area contributed by atoms with E-state index in [0.29, 0.717) is 11.3 Å². The zero-order chi connectivity index (χ0) is 14.2. The minimum Gasteiger partial charge on any atom is -0.507 e. The SMILES string of the molecule is COc1ccc2c(c1)CCC(C(=O)C(F)(F)F)=C2O. The summed E-state index contributed by atoms with van der Waals surface area (Å²) in [5.41, 5.74) is 0.334. The molecule has 0 amide bonds. The Balaban J connectivity index is 2.46. The first-order valence-electron chi connectivity index (χ1n) is 5.55. The quantitative estimate of drug-likeness (QED) is 0.900. The molecule has 0 saturated heterocycles. The molecule has 0 spiro atoms. The summed E-state index contributed by atoms with van der Waals surface area (Å²) in [6.07, 6.45) is -4.84. The van der Waals surface area contributed by atoms with Crippen molar-refractivity contribution in [3.63, 3.8) is 0 Å². The predicted molar refractivity (Wildman–Crippen MR) is 61.9 cm³/mol. The first-order chi connectivity index (χ1) is 8.84. The highest BCUT2D eigenvalue weighted by molar-refractivity contribution is 6.05. The van der Waals surface area contributed by atoms with E-state index in [0.717, 1.165) is 0 Å². The number of carbonyl (C=O) groups excluding carboxylic acids is 1. The Kier molecular flexibility index (Phi) is 3.26. The Labute approximate surface area is 107 Å². The number of methoxy groups -OCH3 is 1. The molecule has 3 nitrogen and oxygen atoms in total. The minimum absolute atomic E-state index is 0.135. The van der Waals surface area contributed by atoms with Gasteiger partial charge in [0.15, 0.2) is 0 Å². The van der Waals surface area contributed by atoms with Gasteiger partial charge in [0.2, 0.25) is 0 Å². The molecule has 1 aromatic carbocycles. The summed E-state index contributed by atoms with van der Waals surface area (Å²) in [4.78, 5) is 11.2. The van der Waals surface area contributed by atoms with Crippen molar-refractivity contribution in [1.29, 1.82) is 0 Å². The molecule has 1 aliphatic carbocycles. The predicted octanol–water partition coefficient (Wildman–Crippen LogP) is 3.04. The van der Waals surface area contributed by atoms with Crippen LogP contribution in [-0.2, 0) is 11.2 Å². The van der Waals surface area contributed by atoms with Gasteiger partial charge < -0.3 is 9.84 Å². The van der Waals surface area contributed by atoms with Crippen molar-refractivity contribution >= 4 is 11.5 Å². The third-order valence-electron chi connectivity index (χ3n) is 3.03. The normalized spacial score (nSPS) is 15.2. The van der Waals surface area contributed by atoms with Crippen LogP contribution in [0.4, 0.5) is 13.2 Å². The van der Waals surface area contributed by atoms with Gasteiger partial charge in [-0.2, -0.15) is 13.2 Å². The van der Waals surface area contributed by atoms with E-state index in [1.807, 2.05) is 0 Å². The summed E-state index contributed by atoms with van der Waals surface area (Å²) in [5, 5.41) is 9.84. The first kappa shape index (κ1) is 13.5. The Morgan fingerprint density at radius 1 is 1.32 bits per heavy atom. The zero-order valence-electron chi connectivity index (χ0n) is 10.0. The first-order valence-corrected chi connectivity index (χ1v) is 5.55. The molecular weight excluding hydrogens is 261 g/mol. The van der Waals surface area contributed by atoms with E-state index in [9.17, 15) is 23.1 Å². The number of halogens is 3. The lowest BCUT2D eigenvalue weighted by molar-refractivity contribution is -0.166. The minimum atomic E-state index is -4.96. The van der Waals surface area contributed by atoms with Gasteiger partial charge in [-0.25, -0.2) is 0 Å². The van der Waals surface area contributed by atoms with Crippen molar-refractivity contribution in [2.75, 3.05) is 7.11 Å². The lowest BCUT2D eigenvalue weighted by Crippen LogP contribution is -2.27. The number of fused-ring (bicyclic) bond motifs is 1. The van der Waals surface area contributed by atoms with E-state index >= 15 is 0 Å². The fourth-order valence-electron chi connectivity index (χ4n) is 2.07. The van der Waals surface area contributed by atoms with Crippen molar-refractivity contribution < 1.29 is 27.8 Å². The lowest BCUT2D eigenvalue weighted by atomic mass is 9.88. The number of carbonyl (C=O) groups is 1. The fraction of sp³-hybridized carbons (Fsp3) is 0.308. The highest BCUT2D eigenvalue weighted by Crippen LogP contribution is 2.35. The van der Waals surface area contributed by atoms with Crippen molar-refractivity contribution in [2.45, 2.75) is 19.0 Å². The number of hydrogen-bond acceptors (Lipinski definition) is 3. The Bertz CT molecular complexity index is 559. The Hall–Kier alpha value is -1.98. The maximum atomic E-state index is 12.4. The molecule has 6 heteroatoms. The summed E-state index contributed by atoms with van der Waals surface area (Å²) < 4.78 is 42.2. The second-order valence-corrected chi connectivity index (χ2v) is 4.18. The molecule has 1 aromatic rings. The maximum absolute atomic E-state index is 12.4. The van der Waals surface area contributed by atoms with Crippen LogP contribution in [0.25, 0.3) is 5.76 Å². The van der Waals surface area contributed by atoms with Gasteiger partial charge >= 0.3 is 6.18 Å². The van der Waals surface area contributed by atoms with E-state index in [1.165, 1.54) is 19.2 Å². The van der Waals surface area contributed by atoms with Crippen molar-refractivity contribution in [3.05, 3.63) is 34.9 Å². The monoisotopic (exact) mass is 272 g/mol. The number of hydrogen-bond donors (Lipinski definition) is 1. The number of ketones is 1. The van der Waals surface area contributed by atoms with Crippen LogP contribution in [0.3, 0.4) is 0 Å². The van der Waals surface area contributed by atoms with Gasteiger partial charge in [-0.3, -0.25) is 4.79 Å². The maximum Gasteiger partial charge on any atom is 0.454 e. The Morgan fingerprint density at radius 2 is 2.00 bits per heavy atom. The van der Waals surface area contributed by atoms with Crippen molar-refractivity contribution in [1.82, 2.24) is 0 Å². The molecule has 102 valence electrons. The van der Waals surface area contributed by atoms with E-state index < -0.39 is 23.3 Å². The summed E-state index contributed by atoms with van der Waals surface area (Å²) in [5.74, 6) is -2.02. The van der Waals surface area contributed by atoms with Crippen LogP contribution in [0.15, 0.2) is 23.8 Å². The molecule has 19 heavy (non-hydrogen) atoms. The van der Waals surface area contributed by atoms with Crippen LogP contribution in [0.2, 0.25) is 0 Å². The van der Waals surface area contributed by atoms with Gasteiger partial charge in [0.1, 0.15) is 11.5 Å². The lowest BCUT2D eigenvalue weighted by Gasteiger charge is -2.20.